The molecule has 142 valence electrons. The number of hydrogen-bond acceptors (Lipinski definition) is 3. The highest BCUT2D eigenvalue weighted by Gasteiger charge is 2.10. The van der Waals surface area contributed by atoms with Gasteiger partial charge in [0.15, 0.2) is 0 Å². The van der Waals surface area contributed by atoms with E-state index in [2.05, 4.69) is 41.5 Å². The Bertz CT molecular complexity index is 1120. The molecule has 28 heavy (non-hydrogen) atoms. The molecule has 2 heterocycles. The molecular formula is C23H23N3OS. The first-order chi connectivity index (χ1) is 13.7. The molecule has 0 aliphatic heterocycles. The number of benzene rings is 2. The zero-order chi connectivity index (χ0) is 19.3. The van der Waals surface area contributed by atoms with Crippen LogP contribution in [0.25, 0.3) is 21.8 Å². The van der Waals surface area contributed by atoms with E-state index < -0.39 is 0 Å². The van der Waals surface area contributed by atoms with Gasteiger partial charge in [0, 0.05) is 29.0 Å². The Morgan fingerprint density at radius 3 is 2.82 bits per heavy atom. The van der Waals surface area contributed by atoms with Gasteiger partial charge in [-0.1, -0.05) is 55.1 Å². The standard InChI is InChI=1S/C23H23N3OS/c1-2-16-13-17-7-3-5-9-20(17)26-23(16)28-15-22(27)24-12-11-18-14-25-21-10-6-4-8-19(18)21/h3-10,13-14,25H,2,11-12,15H2,1H3,(H,24,27). The second-order valence-corrected chi connectivity index (χ2v) is 7.71. The Morgan fingerprint density at radius 2 is 1.93 bits per heavy atom. The molecule has 1 amide bonds. The van der Waals surface area contributed by atoms with E-state index in [0.29, 0.717) is 12.3 Å². The van der Waals surface area contributed by atoms with Crippen molar-refractivity contribution in [1.82, 2.24) is 15.3 Å². The van der Waals surface area contributed by atoms with Crippen LogP contribution in [-0.4, -0.2) is 28.2 Å². The van der Waals surface area contributed by atoms with Crippen LogP contribution >= 0.6 is 11.8 Å². The van der Waals surface area contributed by atoms with Crippen LogP contribution in [0.15, 0.2) is 65.8 Å². The number of fused-ring (bicyclic) bond motifs is 2. The fourth-order valence-electron chi connectivity index (χ4n) is 3.38. The van der Waals surface area contributed by atoms with E-state index in [1.807, 2.05) is 36.5 Å². The van der Waals surface area contributed by atoms with Crippen LogP contribution in [0, 0.1) is 0 Å². The van der Waals surface area contributed by atoms with Crippen molar-refractivity contribution in [2.45, 2.75) is 24.8 Å². The van der Waals surface area contributed by atoms with Gasteiger partial charge in [-0.25, -0.2) is 4.98 Å². The minimum Gasteiger partial charge on any atom is -0.361 e. The van der Waals surface area contributed by atoms with E-state index in [-0.39, 0.29) is 5.91 Å². The summed E-state index contributed by atoms with van der Waals surface area (Å²) in [6.07, 6.45) is 3.75. The third kappa shape index (κ3) is 4.04. The topological polar surface area (TPSA) is 57.8 Å². The Labute approximate surface area is 168 Å². The Kier molecular flexibility index (Phi) is 5.63. The number of nitrogens with one attached hydrogen (secondary N) is 2. The Hall–Kier alpha value is -2.79. The largest absolute Gasteiger partial charge is 0.361 e. The number of rotatable bonds is 7. The lowest BCUT2D eigenvalue weighted by atomic mass is 10.1. The van der Waals surface area contributed by atoms with E-state index in [4.69, 9.17) is 4.98 Å². The molecule has 0 spiro atoms. The first-order valence-electron chi connectivity index (χ1n) is 9.57. The Balaban J connectivity index is 1.34. The minimum absolute atomic E-state index is 0.0434. The molecule has 0 aliphatic carbocycles. The summed E-state index contributed by atoms with van der Waals surface area (Å²) in [6.45, 7) is 2.75. The fourth-order valence-corrected chi connectivity index (χ4v) is 4.30. The lowest BCUT2D eigenvalue weighted by molar-refractivity contribution is -0.118. The maximum absolute atomic E-state index is 12.3. The lowest BCUT2D eigenvalue weighted by Gasteiger charge is -2.09. The van der Waals surface area contributed by atoms with Crippen LogP contribution in [0.3, 0.4) is 0 Å². The SMILES string of the molecule is CCc1cc2ccccc2nc1SCC(=O)NCCc1c[nH]c2ccccc12. The molecule has 0 bridgehead atoms. The fraction of sp³-hybridized carbons (Fsp3) is 0.217. The van der Waals surface area contributed by atoms with Crippen molar-refractivity contribution in [2.75, 3.05) is 12.3 Å². The molecule has 4 aromatic rings. The number of amides is 1. The van der Waals surface area contributed by atoms with Crippen LogP contribution in [0.2, 0.25) is 0 Å². The van der Waals surface area contributed by atoms with E-state index in [1.165, 1.54) is 28.3 Å². The quantitative estimate of drug-likeness (QED) is 0.449. The average Bonchev–Trinajstić information content (AvgIpc) is 3.14. The zero-order valence-electron chi connectivity index (χ0n) is 15.9. The molecule has 2 N–H and O–H groups in total. The molecule has 0 fully saturated rings. The van der Waals surface area contributed by atoms with Crippen LogP contribution in [0.1, 0.15) is 18.1 Å². The second-order valence-electron chi connectivity index (χ2n) is 6.75. The first kappa shape index (κ1) is 18.6. The monoisotopic (exact) mass is 389 g/mol. The number of carbonyl (C=O) groups excluding carboxylic acids is 1. The molecule has 0 atom stereocenters. The normalized spacial score (nSPS) is 11.2. The van der Waals surface area contributed by atoms with Crippen molar-refractivity contribution in [3.8, 4) is 0 Å². The summed E-state index contributed by atoms with van der Waals surface area (Å²) >= 11 is 1.52. The van der Waals surface area contributed by atoms with Gasteiger partial charge in [0.1, 0.15) is 5.03 Å². The van der Waals surface area contributed by atoms with Crippen LogP contribution < -0.4 is 5.32 Å². The smallest absolute Gasteiger partial charge is 0.230 e. The number of aromatic amines is 1. The summed E-state index contributed by atoms with van der Waals surface area (Å²) in [4.78, 5) is 20.3. The minimum atomic E-state index is 0.0434. The van der Waals surface area contributed by atoms with E-state index in [0.717, 1.165) is 34.3 Å². The third-order valence-electron chi connectivity index (χ3n) is 4.88. The molecule has 0 unspecified atom stereocenters. The van der Waals surface area contributed by atoms with Crippen molar-refractivity contribution >= 4 is 39.5 Å². The molecule has 5 heteroatoms. The van der Waals surface area contributed by atoms with E-state index >= 15 is 0 Å². The molecule has 4 nitrogen and oxygen atoms in total. The number of H-pyrrole nitrogens is 1. The van der Waals surface area contributed by atoms with Gasteiger partial charge < -0.3 is 10.3 Å². The van der Waals surface area contributed by atoms with Gasteiger partial charge in [-0.15, -0.1) is 0 Å². The van der Waals surface area contributed by atoms with Crippen molar-refractivity contribution in [2.24, 2.45) is 0 Å². The number of carbonyl (C=O) groups is 1. The molecule has 0 saturated heterocycles. The van der Waals surface area contributed by atoms with Gasteiger partial charge in [0.05, 0.1) is 11.3 Å². The summed E-state index contributed by atoms with van der Waals surface area (Å²) in [6, 6.07) is 18.5. The van der Waals surface area contributed by atoms with E-state index in [9.17, 15) is 4.79 Å². The predicted molar refractivity (Wildman–Crippen MR) is 117 cm³/mol. The number of aryl methyl sites for hydroxylation is 1. The van der Waals surface area contributed by atoms with Crippen molar-refractivity contribution in [3.05, 3.63) is 71.9 Å². The molecule has 0 radical (unpaired) electrons. The van der Waals surface area contributed by atoms with Crippen LogP contribution in [0.5, 0.6) is 0 Å². The number of thioether (sulfide) groups is 1. The van der Waals surface area contributed by atoms with Gasteiger partial charge in [-0.2, -0.15) is 0 Å². The first-order valence-corrected chi connectivity index (χ1v) is 10.6. The summed E-state index contributed by atoms with van der Waals surface area (Å²) in [5.74, 6) is 0.425. The molecule has 2 aromatic heterocycles. The van der Waals surface area contributed by atoms with Crippen molar-refractivity contribution in [3.63, 3.8) is 0 Å². The van der Waals surface area contributed by atoms with Gasteiger partial charge in [-0.05, 0) is 42.2 Å². The summed E-state index contributed by atoms with van der Waals surface area (Å²) in [5, 5.41) is 6.35. The molecule has 0 aliphatic rings. The predicted octanol–water partition coefficient (Wildman–Crippen LogP) is 4.73. The number of nitrogens with zero attached hydrogens (tertiary/aromatic N) is 1. The van der Waals surface area contributed by atoms with Gasteiger partial charge in [0.25, 0.3) is 0 Å². The van der Waals surface area contributed by atoms with Crippen LogP contribution in [0.4, 0.5) is 0 Å². The summed E-state index contributed by atoms with van der Waals surface area (Å²) < 4.78 is 0. The van der Waals surface area contributed by atoms with Gasteiger partial charge in [-0.3, -0.25) is 4.79 Å². The van der Waals surface area contributed by atoms with Crippen LogP contribution in [-0.2, 0) is 17.6 Å². The lowest BCUT2D eigenvalue weighted by Crippen LogP contribution is -2.27. The zero-order valence-corrected chi connectivity index (χ0v) is 16.7. The number of para-hydroxylation sites is 2. The highest BCUT2D eigenvalue weighted by Crippen LogP contribution is 2.25. The highest BCUT2D eigenvalue weighted by molar-refractivity contribution is 7.99. The summed E-state index contributed by atoms with van der Waals surface area (Å²) in [5.41, 5.74) is 4.53. The number of aromatic nitrogens is 2. The Morgan fingerprint density at radius 1 is 1.11 bits per heavy atom. The molecular weight excluding hydrogens is 366 g/mol. The third-order valence-corrected chi connectivity index (χ3v) is 5.91. The van der Waals surface area contributed by atoms with Gasteiger partial charge >= 0.3 is 0 Å². The summed E-state index contributed by atoms with van der Waals surface area (Å²) in [7, 11) is 0. The molecule has 0 saturated carbocycles. The van der Waals surface area contributed by atoms with E-state index in [1.54, 1.807) is 0 Å². The molecule has 4 rings (SSSR count). The van der Waals surface area contributed by atoms with Gasteiger partial charge in [0.2, 0.25) is 5.91 Å². The highest BCUT2D eigenvalue weighted by atomic mass is 32.2. The maximum atomic E-state index is 12.3. The van der Waals surface area contributed by atoms with Crippen molar-refractivity contribution in [1.29, 1.82) is 0 Å². The number of pyridine rings is 1. The second kappa shape index (κ2) is 8.48. The number of hydrogen-bond donors (Lipinski definition) is 2. The van der Waals surface area contributed by atoms with Crippen molar-refractivity contribution < 1.29 is 4.79 Å². The average molecular weight is 390 g/mol. The molecule has 2 aromatic carbocycles. The maximum Gasteiger partial charge on any atom is 0.230 e.